The van der Waals surface area contributed by atoms with E-state index in [0.29, 0.717) is 12.3 Å². The maximum atomic E-state index is 11.4. The SMILES string of the molecule is COC(=O)c1ccc(CNCC(c2ccco2)N2CCCCC2)o1. The van der Waals surface area contributed by atoms with Gasteiger partial charge in [-0.15, -0.1) is 0 Å². The summed E-state index contributed by atoms with van der Waals surface area (Å²) in [5, 5.41) is 3.41. The van der Waals surface area contributed by atoms with Gasteiger partial charge in [0.25, 0.3) is 0 Å². The largest absolute Gasteiger partial charge is 0.468 e. The molecule has 1 fully saturated rings. The minimum atomic E-state index is -0.456. The number of hydrogen-bond donors (Lipinski definition) is 1. The van der Waals surface area contributed by atoms with E-state index in [2.05, 4.69) is 15.0 Å². The molecule has 1 unspecified atom stereocenters. The Hall–Kier alpha value is -2.05. The highest BCUT2D eigenvalue weighted by Crippen LogP contribution is 2.24. The number of nitrogens with one attached hydrogen (secondary N) is 1. The Morgan fingerprint density at radius 1 is 1.29 bits per heavy atom. The molecule has 3 heterocycles. The van der Waals surface area contributed by atoms with E-state index in [4.69, 9.17) is 8.83 Å². The topological polar surface area (TPSA) is 67.8 Å². The number of nitrogens with zero attached hydrogens (tertiary/aromatic N) is 1. The molecular formula is C18H24N2O4. The van der Waals surface area contributed by atoms with E-state index in [1.807, 2.05) is 12.1 Å². The predicted molar refractivity (Wildman–Crippen MR) is 88.6 cm³/mol. The van der Waals surface area contributed by atoms with Crippen LogP contribution in [0.2, 0.25) is 0 Å². The van der Waals surface area contributed by atoms with Gasteiger partial charge in [-0.3, -0.25) is 4.90 Å². The van der Waals surface area contributed by atoms with Gasteiger partial charge in [0.15, 0.2) is 0 Å². The summed E-state index contributed by atoms with van der Waals surface area (Å²) in [6.45, 7) is 3.52. The molecule has 1 aliphatic rings. The number of carbonyl (C=O) groups is 1. The Labute approximate surface area is 141 Å². The quantitative estimate of drug-likeness (QED) is 0.786. The Bertz CT molecular complexity index is 629. The van der Waals surface area contributed by atoms with E-state index in [-0.39, 0.29) is 11.8 Å². The monoisotopic (exact) mass is 332 g/mol. The van der Waals surface area contributed by atoms with Crippen molar-refractivity contribution in [1.82, 2.24) is 10.2 Å². The van der Waals surface area contributed by atoms with Gasteiger partial charge in [-0.1, -0.05) is 6.42 Å². The molecule has 130 valence electrons. The maximum Gasteiger partial charge on any atom is 0.373 e. The Morgan fingerprint density at radius 2 is 2.12 bits per heavy atom. The van der Waals surface area contributed by atoms with Crippen molar-refractivity contribution < 1.29 is 18.4 Å². The van der Waals surface area contributed by atoms with E-state index >= 15 is 0 Å². The van der Waals surface area contributed by atoms with Crippen molar-refractivity contribution >= 4 is 5.97 Å². The van der Waals surface area contributed by atoms with Gasteiger partial charge >= 0.3 is 5.97 Å². The van der Waals surface area contributed by atoms with Gasteiger partial charge in [0.2, 0.25) is 5.76 Å². The zero-order valence-electron chi connectivity index (χ0n) is 14.0. The summed E-state index contributed by atoms with van der Waals surface area (Å²) in [6.07, 6.45) is 5.49. The summed E-state index contributed by atoms with van der Waals surface area (Å²) >= 11 is 0. The molecule has 1 N–H and O–H groups in total. The first-order chi connectivity index (χ1) is 11.8. The van der Waals surface area contributed by atoms with Gasteiger partial charge in [0.1, 0.15) is 11.5 Å². The lowest BCUT2D eigenvalue weighted by Gasteiger charge is -2.33. The van der Waals surface area contributed by atoms with Gasteiger partial charge in [0, 0.05) is 6.54 Å². The fraction of sp³-hybridized carbons (Fsp3) is 0.500. The molecule has 0 aromatic carbocycles. The molecule has 3 rings (SSSR count). The first-order valence-corrected chi connectivity index (χ1v) is 8.43. The molecule has 6 nitrogen and oxygen atoms in total. The lowest BCUT2D eigenvalue weighted by atomic mass is 10.1. The minimum Gasteiger partial charge on any atom is -0.468 e. The number of methoxy groups -OCH3 is 1. The van der Waals surface area contributed by atoms with Crippen molar-refractivity contribution in [1.29, 1.82) is 0 Å². The Kier molecular flexibility index (Phi) is 5.72. The molecule has 2 aromatic rings. The Morgan fingerprint density at radius 3 is 2.83 bits per heavy atom. The molecule has 1 saturated heterocycles. The maximum absolute atomic E-state index is 11.4. The molecule has 1 aliphatic heterocycles. The second-order valence-electron chi connectivity index (χ2n) is 6.02. The number of hydrogen-bond acceptors (Lipinski definition) is 6. The van der Waals surface area contributed by atoms with Crippen LogP contribution in [0.25, 0.3) is 0 Å². The van der Waals surface area contributed by atoms with Crippen LogP contribution in [0.1, 0.15) is 47.4 Å². The molecule has 24 heavy (non-hydrogen) atoms. The zero-order chi connectivity index (χ0) is 16.8. The predicted octanol–water partition coefficient (Wildman–Crippen LogP) is 2.98. The van der Waals surface area contributed by atoms with Crippen molar-refractivity contribution in [3.63, 3.8) is 0 Å². The second kappa shape index (κ2) is 8.17. The zero-order valence-corrected chi connectivity index (χ0v) is 14.0. The lowest BCUT2D eigenvalue weighted by Crippen LogP contribution is -2.38. The van der Waals surface area contributed by atoms with Crippen molar-refractivity contribution in [2.75, 3.05) is 26.7 Å². The normalized spacial score (nSPS) is 16.9. The minimum absolute atomic E-state index is 0.218. The van der Waals surface area contributed by atoms with Crippen LogP contribution in [0, 0.1) is 0 Å². The molecule has 2 aromatic heterocycles. The van der Waals surface area contributed by atoms with Crippen LogP contribution in [-0.2, 0) is 11.3 Å². The molecule has 0 spiro atoms. The van der Waals surface area contributed by atoms with Crippen LogP contribution in [0.5, 0.6) is 0 Å². The first-order valence-electron chi connectivity index (χ1n) is 8.43. The number of esters is 1. The van der Waals surface area contributed by atoms with Gasteiger partial charge < -0.3 is 18.9 Å². The first kappa shape index (κ1) is 16.8. The molecule has 1 atom stereocenters. The lowest BCUT2D eigenvalue weighted by molar-refractivity contribution is 0.0562. The van der Waals surface area contributed by atoms with E-state index in [9.17, 15) is 4.79 Å². The standard InChI is InChI=1S/C18H24N2O4/c1-22-18(21)17-8-7-14(24-17)12-19-13-15(16-6-5-11-23-16)20-9-3-2-4-10-20/h5-8,11,15,19H,2-4,9-10,12-13H2,1H3. The van der Waals surface area contributed by atoms with E-state index < -0.39 is 5.97 Å². The average Bonchev–Trinajstić information content (AvgIpc) is 3.31. The number of furan rings is 2. The van der Waals surface area contributed by atoms with Gasteiger partial charge in [-0.05, 0) is 50.2 Å². The third kappa shape index (κ3) is 4.07. The summed E-state index contributed by atoms with van der Waals surface area (Å²) in [4.78, 5) is 13.9. The van der Waals surface area contributed by atoms with E-state index in [1.54, 1.807) is 18.4 Å². The fourth-order valence-electron chi connectivity index (χ4n) is 3.14. The molecule has 0 bridgehead atoms. The third-order valence-corrected chi connectivity index (χ3v) is 4.39. The average molecular weight is 332 g/mol. The number of rotatable bonds is 7. The number of carbonyl (C=O) groups excluding carboxylic acids is 1. The van der Waals surface area contributed by atoms with E-state index in [1.165, 1.54) is 26.4 Å². The summed E-state index contributed by atoms with van der Waals surface area (Å²) < 4.78 is 15.8. The molecule has 0 aliphatic carbocycles. The van der Waals surface area contributed by atoms with Crippen molar-refractivity contribution in [3.8, 4) is 0 Å². The van der Waals surface area contributed by atoms with Crippen molar-refractivity contribution in [3.05, 3.63) is 47.8 Å². The molecule has 6 heteroatoms. The van der Waals surface area contributed by atoms with Crippen LogP contribution in [0.15, 0.2) is 39.4 Å². The van der Waals surface area contributed by atoms with Crippen LogP contribution >= 0.6 is 0 Å². The number of ether oxygens (including phenoxy) is 1. The van der Waals surface area contributed by atoms with Crippen LogP contribution in [-0.4, -0.2) is 37.6 Å². The van der Waals surface area contributed by atoms with Crippen LogP contribution in [0.4, 0.5) is 0 Å². The smallest absolute Gasteiger partial charge is 0.373 e. The van der Waals surface area contributed by atoms with Crippen LogP contribution < -0.4 is 5.32 Å². The highest BCUT2D eigenvalue weighted by atomic mass is 16.5. The summed E-state index contributed by atoms with van der Waals surface area (Å²) in [5.41, 5.74) is 0. The second-order valence-corrected chi connectivity index (χ2v) is 6.02. The number of piperidine rings is 1. The highest BCUT2D eigenvalue weighted by Gasteiger charge is 2.24. The van der Waals surface area contributed by atoms with E-state index in [0.717, 1.165) is 25.4 Å². The van der Waals surface area contributed by atoms with Gasteiger partial charge in [-0.2, -0.15) is 0 Å². The highest BCUT2D eigenvalue weighted by molar-refractivity contribution is 5.86. The summed E-state index contributed by atoms with van der Waals surface area (Å²) in [6, 6.07) is 7.61. The molecule has 0 radical (unpaired) electrons. The third-order valence-electron chi connectivity index (χ3n) is 4.39. The van der Waals surface area contributed by atoms with Crippen LogP contribution in [0.3, 0.4) is 0 Å². The molecular weight excluding hydrogens is 308 g/mol. The molecule has 0 saturated carbocycles. The summed E-state index contributed by atoms with van der Waals surface area (Å²) in [5.74, 6) is 1.47. The van der Waals surface area contributed by atoms with Gasteiger partial charge in [-0.25, -0.2) is 4.79 Å². The van der Waals surface area contributed by atoms with Gasteiger partial charge in [0.05, 0.1) is 26.0 Å². The van der Waals surface area contributed by atoms with Crippen molar-refractivity contribution in [2.45, 2.75) is 31.8 Å². The number of likely N-dealkylation sites (tertiary alicyclic amines) is 1. The Balaban J connectivity index is 1.57. The summed E-state index contributed by atoms with van der Waals surface area (Å²) in [7, 11) is 1.34. The van der Waals surface area contributed by atoms with Crippen molar-refractivity contribution in [2.24, 2.45) is 0 Å². The fourth-order valence-corrected chi connectivity index (χ4v) is 3.14. The molecule has 0 amide bonds.